The normalized spacial score (nSPS) is 16.1. The van der Waals surface area contributed by atoms with E-state index in [-0.39, 0.29) is 25.5 Å². The summed E-state index contributed by atoms with van der Waals surface area (Å²) in [5.41, 5.74) is 0. The van der Waals surface area contributed by atoms with Crippen molar-refractivity contribution in [2.45, 2.75) is 90.2 Å². The molecule has 0 aromatic carbocycles. The molecule has 0 heterocycles. The molecule has 3 unspecified atom stereocenters. The number of phosphoric ester groups is 1. The summed E-state index contributed by atoms with van der Waals surface area (Å²) < 4.78 is 23.1. The molecule has 0 aliphatic rings. The Morgan fingerprint density at radius 2 is 1.48 bits per heavy atom. The second kappa shape index (κ2) is 23.9. The molecule has 0 saturated heterocycles. The van der Waals surface area contributed by atoms with Gasteiger partial charge in [-0.1, -0.05) is 87.4 Å². The number of unbranched alkanes of at least 4 members (excludes halogenated alkanes) is 3. The zero-order valence-electron chi connectivity index (χ0n) is 25.5. The first-order valence-corrected chi connectivity index (χ1v) is 16.2. The zero-order chi connectivity index (χ0) is 30.1. The maximum atomic E-state index is 12.6. The molecule has 40 heavy (non-hydrogen) atoms. The van der Waals surface area contributed by atoms with E-state index in [1.165, 1.54) is 0 Å². The highest BCUT2D eigenvalue weighted by Gasteiger charge is 2.27. The molecule has 0 aromatic rings. The minimum atomic E-state index is -4.33. The topological polar surface area (TPSA) is 105 Å². The molecular formula is C31H56N2O6P+. The van der Waals surface area contributed by atoms with Gasteiger partial charge < -0.3 is 19.8 Å². The smallest absolute Gasteiger partial charge is 0.387 e. The molecule has 1 amide bonds. The lowest BCUT2D eigenvalue weighted by atomic mass is 10.1. The van der Waals surface area contributed by atoms with Crippen molar-refractivity contribution in [1.82, 2.24) is 5.32 Å². The van der Waals surface area contributed by atoms with Crippen molar-refractivity contribution in [3.63, 3.8) is 0 Å². The Bertz CT molecular complexity index is 845. The second-order valence-corrected chi connectivity index (χ2v) is 12.2. The van der Waals surface area contributed by atoms with Crippen LogP contribution in [0.4, 0.5) is 0 Å². The number of nitrogens with zero attached hydrogens (tertiary/aromatic N) is 1. The van der Waals surface area contributed by atoms with Gasteiger partial charge in [-0.15, -0.1) is 0 Å². The Balaban J connectivity index is 4.71. The van der Waals surface area contributed by atoms with Gasteiger partial charge in [-0.05, 0) is 44.9 Å². The monoisotopic (exact) mass is 583 g/mol. The maximum absolute atomic E-state index is 12.6. The largest absolute Gasteiger partial charge is 0.472 e. The molecule has 0 rings (SSSR count). The number of amides is 1. The molecule has 0 aliphatic heterocycles. The zero-order valence-corrected chi connectivity index (χ0v) is 26.4. The van der Waals surface area contributed by atoms with Crippen LogP contribution in [0.25, 0.3) is 0 Å². The van der Waals surface area contributed by atoms with E-state index in [0.717, 1.165) is 51.4 Å². The number of aliphatic hydroxyl groups is 1. The van der Waals surface area contributed by atoms with Crippen LogP contribution in [0.3, 0.4) is 0 Å². The molecular weight excluding hydrogens is 527 g/mol. The van der Waals surface area contributed by atoms with E-state index in [1.807, 2.05) is 39.4 Å². The van der Waals surface area contributed by atoms with Crippen LogP contribution < -0.4 is 5.32 Å². The van der Waals surface area contributed by atoms with Crippen LogP contribution in [0, 0.1) is 0 Å². The quantitative estimate of drug-likeness (QED) is 0.0526. The van der Waals surface area contributed by atoms with E-state index in [0.29, 0.717) is 17.4 Å². The van der Waals surface area contributed by atoms with Gasteiger partial charge >= 0.3 is 7.82 Å². The van der Waals surface area contributed by atoms with Crippen molar-refractivity contribution in [3.05, 3.63) is 60.8 Å². The molecule has 0 bridgehead atoms. The lowest BCUT2D eigenvalue weighted by Crippen LogP contribution is -2.45. The number of quaternary nitrogens is 1. The number of hydrogen-bond acceptors (Lipinski definition) is 5. The summed E-state index contributed by atoms with van der Waals surface area (Å²) in [5.74, 6) is -0.270. The number of aliphatic hydroxyl groups excluding tert-OH is 1. The van der Waals surface area contributed by atoms with Crippen LogP contribution in [0.1, 0.15) is 78.1 Å². The van der Waals surface area contributed by atoms with Gasteiger partial charge in [0, 0.05) is 6.42 Å². The summed E-state index contributed by atoms with van der Waals surface area (Å²) in [7, 11) is 1.51. The predicted molar refractivity (Wildman–Crippen MR) is 166 cm³/mol. The number of carbonyl (C=O) groups is 1. The van der Waals surface area contributed by atoms with Gasteiger partial charge in [0.15, 0.2) is 0 Å². The predicted octanol–water partition coefficient (Wildman–Crippen LogP) is 6.39. The lowest BCUT2D eigenvalue weighted by molar-refractivity contribution is -0.870. The molecule has 0 fully saturated rings. The van der Waals surface area contributed by atoms with Gasteiger partial charge in [-0.2, -0.15) is 0 Å². The Kier molecular flexibility index (Phi) is 22.8. The standard InChI is InChI=1S/C31H55N2O6P/c1-6-8-10-12-13-14-15-16-17-18-19-21-23-25-31(35)32-29(30(34)24-22-20-11-9-7-2)28-39-40(36,37)38-27-26-33(3,4)5/h8,10,13-14,16-17,19,21-22,24,29-30,34H,6-7,9,11-12,15,18,20,23,25-28H2,1-5H3,(H-,32,35,36,37)/p+1/b10-8-,14-13-,17-16-,21-19-,24-22+. The summed E-state index contributed by atoms with van der Waals surface area (Å²) in [4.78, 5) is 22.6. The van der Waals surface area contributed by atoms with Gasteiger partial charge in [-0.25, -0.2) is 4.57 Å². The van der Waals surface area contributed by atoms with Crippen molar-refractivity contribution >= 4 is 13.7 Å². The summed E-state index contributed by atoms with van der Waals surface area (Å²) >= 11 is 0. The van der Waals surface area contributed by atoms with Gasteiger partial charge in [0.2, 0.25) is 5.91 Å². The average Bonchev–Trinajstić information content (AvgIpc) is 2.88. The third-order valence-electron chi connectivity index (χ3n) is 5.76. The van der Waals surface area contributed by atoms with Gasteiger partial charge in [0.1, 0.15) is 13.2 Å². The SMILES string of the molecule is CC/C=C\C/C=C\C/C=C\C/C=C\CCC(=O)NC(COP(=O)(O)OCC[N+](C)(C)C)C(O)/C=C/CCCCC. The van der Waals surface area contributed by atoms with E-state index >= 15 is 0 Å². The van der Waals surface area contributed by atoms with E-state index in [9.17, 15) is 19.4 Å². The van der Waals surface area contributed by atoms with Crippen LogP contribution in [0.15, 0.2) is 60.8 Å². The summed E-state index contributed by atoms with van der Waals surface area (Å²) in [6.45, 7) is 4.46. The summed E-state index contributed by atoms with van der Waals surface area (Å²) in [5, 5.41) is 13.4. The molecule has 0 aromatic heterocycles. The highest BCUT2D eigenvalue weighted by Crippen LogP contribution is 2.43. The van der Waals surface area contributed by atoms with Crippen molar-refractivity contribution in [3.8, 4) is 0 Å². The highest BCUT2D eigenvalue weighted by atomic mass is 31.2. The third-order valence-corrected chi connectivity index (χ3v) is 6.74. The van der Waals surface area contributed by atoms with Crippen molar-refractivity contribution in [1.29, 1.82) is 0 Å². The fourth-order valence-corrected chi connectivity index (χ4v) is 4.08. The lowest BCUT2D eigenvalue weighted by Gasteiger charge is -2.25. The number of allylic oxidation sites excluding steroid dienone is 9. The van der Waals surface area contributed by atoms with Crippen molar-refractivity contribution in [2.75, 3.05) is 40.9 Å². The minimum Gasteiger partial charge on any atom is -0.387 e. The van der Waals surface area contributed by atoms with Crippen molar-refractivity contribution < 1.29 is 32.9 Å². The Morgan fingerprint density at radius 1 is 0.875 bits per heavy atom. The first-order chi connectivity index (χ1) is 19.0. The fraction of sp³-hybridized carbons (Fsp3) is 0.645. The molecule has 8 nitrogen and oxygen atoms in total. The first kappa shape index (κ1) is 38.2. The van der Waals surface area contributed by atoms with Gasteiger partial charge in [0.05, 0.1) is 39.9 Å². The summed E-state index contributed by atoms with van der Waals surface area (Å²) in [6.07, 6.45) is 27.7. The Hall–Kier alpha value is -1.80. The van der Waals surface area contributed by atoms with Crippen LogP contribution in [0.5, 0.6) is 0 Å². The number of nitrogens with one attached hydrogen (secondary N) is 1. The van der Waals surface area contributed by atoms with E-state index < -0.39 is 20.0 Å². The first-order valence-electron chi connectivity index (χ1n) is 14.7. The van der Waals surface area contributed by atoms with E-state index in [4.69, 9.17) is 9.05 Å². The number of hydrogen-bond donors (Lipinski definition) is 3. The molecule has 0 aliphatic carbocycles. The molecule has 230 valence electrons. The van der Waals surface area contributed by atoms with E-state index in [2.05, 4.69) is 55.6 Å². The highest BCUT2D eigenvalue weighted by molar-refractivity contribution is 7.47. The van der Waals surface area contributed by atoms with Crippen LogP contribution >= 0.6 is 7.82 Å². The van der Waals surface area contributed by atoms with Crippen molar-refractivity contribution in [2.24, 2.45) is 0 Å². The number of likely N-dealkylation sites (N-methyl/N-ethyl adjacent to an activating group) is 1. The Morgan fingerprint density at radius 3 is 2.05 bits per heavy atom. The maximum Gasteiger partial charge on any atom is 0.472 e. The minimum absolute atomic E-state index is 0.0447. The Labute approximate surface area is 243 Å². The van der Waals surface area contributed by atoms with Crippen LogP contribution in [-0.2, 0) is 18.4 Å². The number of phosphoric acid groups is 1. The third kappa shape index (κ3) is 25.2. The fourth-order valence-electron chi connectivity index (χ4n) is 3.34. The molecule has 9 heteroatoms. The molecule has 0 saturated carbocycles. The average molecular weight is 584 g/mol. The number of rotatable bonds is 24. The van der Waals surface area contributed by atoms with Crippen LogP contribution in [-0.4, -0.2) is 73.4 Å². The molecule has 3 N–H and O–H groups in total. The van der Waals surface area contributed by atoms with Crippen LogP contribution in [0.2, 0.25) is 0 Å². The second-order valence-electron chi connectivity index (χ2n) is 10.7. The van der Waals surface area contributed by atoms with Gasteiger partial charge in [0.25, 0.3) is 0 Å². The summed E-state index contributed by atoms with van der Waals surface area (Å²) in [6, 6.07) is -0.880. The molecule has 0 spiro atoms. The number of carbonyl (C=O) groups excluding carboxylic acids is 1. The molecule has 3 atom stereocenters. The van der Waals surface area contributed by atoms with E-state index in [1.54, 1.807) is 6.08 Å². The van der Waals surface area contributed by atoms with Gasteiger partial charge in [-0.3, -0.25) is 13.8 Å². The molecule has 0 radical (unpaired) electrons.